The van der Waals surface area contributed by atoms with Gasteiger partial charge in [-0.1, -0.05) is 11.8 Å². The minimum atomic E-state index is -0.851. The van der Waals surface area contributed by atoms with Gasteiger partial charge < -0.3 is 9.84 Å². The van der Waals surface area contributed by atoms with E-state index in [1.54, 1.807) is 6.20 Å². The zero-order valence-electron chi connectivity index (χ0n) is 12.0. The number of thioether (sulfide) groups is 1. The highest BCUT2D eigenvalue weighted by Gasteiger charge is 2.36. The van der Waals surface area contributed by atoms with Gasteiger partial charge >= 0.3 is 5.97 Å². The van der Waals surface area contributed by atoms with Crippen molar-refractivity contribution in [3.63, 3.8) is 0 Å². The Balaban J connectivity index is 2.15. The molecule has 7 heteroatoms. The maximum atomic E-state index is 10.9. The second kappa shape index (κ2) is 5.31. The van der Waals surface area contributed by atoms with E-state index in [0.717, 1.165) is 23.1 Å². The predicted octanol–water partition coefficient (Wildman–Crippen LogP) is 2.05. The maximum absolute atomic E-state index is 10.9. The number of carbonyl (C=O) groups is 1. The van der Waals surface area contributed by atoms with Gasteiger partial charge in [-0.15, -0.1) is 0 Å². The molecule has 2 aromatic heterocycles. The first-order valence-electron chi connectivity index (χ1n) is 6.78. The third-order valence-corrected chi connectivity index (χ3v) is 4.70. The summed E-state index contributed by atoms with van der Waals surface area (Å²) in [5.74, 6) is -0.865. The molecule has 0 aliphatic carbocycles. The van der Waals surface area contributed by atoms with E-state index in [9.17, 15) is 4.79 Å². The summed E-state index contributed by atoms with van der Waals surface area (Å²) < 4.78 is 7.59. The third-order valence-electron chi connectivity index (χ3n) is 3.78. The number of rotatable bonds is 4. The number of imidazole rings is 1. The van der Waals surface area contributed by atoms with Crippen LogP contribution in [0, 0.1) is 6.92 Å². The SMILES string of the molecule is Cc1ccnc2c1nc(SCC(=O)O)n2C1(C)CCOC1. The normalized spacial score (nSPS) is 22.0. The second-order valence-electron chi connectivity index (χ2n) is 5.51. The molecular weight excluding hydrogens is 290 g/mol. The molecule has 1 fully saturated rings. The van der Waals surface area contributed by atoms with Crippen LogP contribution in [0.2, 0.25) is 0 Å². The summed E-state index contributed by atoms with van der Waals surface area (Å²) in [6.07, 6.45) is 2.63. The molecule has 6 nitrogen and oxygen atoms in total. The topological polar surface area (TPSA) is 77.2 Å². The van der Waals surface area contributed by atoms with Crippen LogP contribution in [0.3, 0.4) is 0 Å². The Kier molecular flexibility index (Phi) is 3.62. The zero-order chi connectivity index (χ0) is 15.0. The van der Waals surface area contributed by atoms with Crippen LogP contribution in [0.1, 0.15) is 18.9 Å². The second-order valence-corrected chi connectivity index (χ2v) is 6.45. The Bertz CT molecular complexity index is 692. The average molecular weight is 307 g/mol. The number of ether oxygens (including phenoxy) is 1. The van der Waals surface area contributed by atoms with Crippen LogP contribution < -0.4 is 0 Å². The van der Waals surface area contributed by atoms with Crippen molar-refractivity contribution >= 4 is 28.9 Å². The van der Waals surface area contributed by atoms with E-state index in [1.165, 1.54) is 11.8 Å². The van der Waals surface area contributed by atoms with Crippen molar-refractivity contribution in [1.29, 1.82) is 0 Å². The standard InChI is InChI=1S/C14H17N3O3S/c1-9-3-5-15-12-11(9)16-13(21-7-10(18)19)17(12)14(2)4-6-20-8-14/h3,5H,4,6-8H2,1-2H3,(H,18,19). The molecule has 0 spiro atoms. The molecule has 1 N–H and O–H groups in total. The highest BCUT2D eigenvalue weighted by atomic mass is 32.2. The molecule has 1 saturated heterocycles. The van der Waals surface area contributed by atoms with Crippen LogP contribution in [0.15, 0.2) is 17.4 Å². The van der Waals surface area contributed by atoms with Crippen molar-refractivity contribution in [2.24, 2.45) is 0 Å². The minimum absolute atomic E-state index is 0.0146. The lowest BCUT2D eigenvalue weighted by Gasteiger charge is -2.26. The van der Waals surface area contributed by atoms with Crippen molar-refractivity contribution in [2.45, 2.75) is 31.0 Å². The predicted molar refractivity (Wildman–Crippen MR) is 79.7 cm³/mol. The molecule has 0 amide bonds. The number of hydrogen-bond donors (Lipinski definition) is 1. The average Bonchev–Trinajstić information content (AvgIpc) is 3.01. The van der Waals surface area contributed by atoms with Crippen molar-refractivity contribution in [3.05, 3.63) is 17.8 Å². The summed E-state index contributed by atoms with van der Waals surface area (Å²) in [5, 5.41) is 9.62. The number of aryl methyl sites for hydroxylation is 1. The Labute approximate surface area is 126 Å². The summed E-state index contributed by atoms with van der Waals surface area (Å²) in [7, 11) is 0. The molecule has 0 saturated carbocycles. The number of hydrogen-bond acceptors (Lipinski definition) is 5. The molecule has 1 atom stereocenters. The van der Waals surface area contributed by atoms with Gasteiger partial charge in [-0.05, 0) is 31.9 Å². The van der Waals surface area contributed by atoms with Crippen LogP contribution in [-0.4, -0.2) is 44.6 Å². The van der Waals surface area contributed by atoms with E-state index in [4.69, 9.17) is 9.84 Å². The Hall–Kier alpha value is -1.60. The van der Waals surface area contributed by atoms with Gasteiger partial charge in [0.15, 0.2) is 10.8 Å². The van der Waals surface area contributed by atoms with Crippen LogP contribution in [0.5, 0.6) is 0 Å². The van der Waals surface area contributed by atoms with Crippen molar-refractivity contribution in [2.75, 3.05) is 19.0 Å². The van der Waals surface area contributed by atoms with Crippen molar-refractivity contribution < 1.29 is 14.6 Å². The first-order valence-corrected chi connectivity index (χ1v) is 7.77. The quantitative estimate of drug-likeness (QED) is 0.871. The fourth-order valence-electron chi connectivity index (χ4n) is 2.62. The van der Waals surface area contributed by atoms with Gasteiger partial charge in [0.1, 0.15) is 5.52 Å². The molecule has 3 rings (SSSR count). The molecule has 1 unspecified atom stereocenters. The fraction of sp³-hybridized carbons (Fsp3) is 0.500. The van der Waals surface area contributed by atoms with Gasteiger partial charge in [-0.2, -0.15) is 0 Å². The number of carboxylic acids is 1. The number of nitrogens with zero attached hydrogens (tertiary/aromatic N) is 3. The zero-order valence-corrected chi connectivity index (χ0v) is 12.8. The summed E-state index contributed by atoms with van der Waals surface area (Å²) in [4.78, 5) is 20.0. The van der Waals surface area contributed by atoms with E-state index in [0.29, 0.717) is 18.4 Å². The minimum Gasteiger partial charge on any atom is -0.481 e. The van der Waals surface area contributed by atoms with E-state index in [2.05, 4.69) is 21.5 Å². The van der Waals surface area contributed by atoms with Gasteiger partial charge in [0.05, 0.1) is 17.9 Å². The lowest BCUT2D eigenvalue weighted by molar-refractivity contribution is -0.133. The Morgan fingerprint density at radius 2 is 2.43 bits per heavy atom. The highest BCUT2D eigenvalue weighted by molar-refractivity contribution is 7.99. The van der Waals surface area contributed by atoms with E-state index in [-0.39, 0.29) is 11.3 Å². The number of carboxylic acid groups (broad SMARTS) is 1. The molecule has 0 aromatic carbocycles. The lowest BCUT2D eigenvalue weighted by atomic mass is 10.0. The van der Waals surface area contributed by atoms with Gasteiger partial charge in [-0.25, -0.2) is 9.97 Å². The molecule has 112 valence electrons. The molecular formula is C14H17N3O3S. The van der Waals surface area contributed by atoms with Crippen molar-refractivity contribution in [1.82, 2.24) is 14.5 Å². The molecule has 21 heavy (non-hydrogen) atoms. The fourth-order valence-corrected chi connectivity index (χ4v) is 3.46. The van der Waals surface area contributed by atoms with Gasteiger partial charge in [0.25, 0.3) is 0 Å². The first-order chi connectivity index (χ1) is 10.0. The Morgan fingerprint density at radius 1 is 1.62 bits per heavy atom. The van der Waals surface area contributed by atoms with E-state index < -0.39 is 5.97 Å². The number of fused-ring (bicyclic) bond motifs is 1. The number of aliphatic carboxylic acids is 1. The van der Waals surface area contributed by atoms with Crippen LogP contribution in [0.25, 0.3) is 11.2 Å². The van der Waals surface area contributed by atoms with E-state index in [1.807, 2.05) is 13.0 Å². The molecule has 1 aliphatic rings. The van der Waals surface area contributed by atoms with Gasteiger partial charge in [-0.3, -0.25) is 9.36 Å². The van der Waals surface area contributed by atoms with Gasteiger partial charge in [0, 0.05) is 12.8 Å². The summed E-state index contributed by atoms with van der Waals surface area (Å²) in [5.41, 5.74) is 2.45. The molecule has 0 bridgehead atoms. The monoisotopic (exact) mass is 307 g/mol. The molecule has 0 radical (unpaired) electrons. The summed E-state index contributed by atoms with van der Waals surface area (Å²) >= 11 is 1.23. The van der Waals surface area contributed by atoms with Crippen LogP contribution >= 0.6 is 11.8 Å². The van der Waals surface area contributed by atoms with E-state index >= 15 is 0 Å². The Morgan fingerprint density at radius 3 is 3.10 bits per heavy atom. The summed E-state index contributed by atoms with van der Waals surface area (Å²) in [6.45, 7) is 5.39. The van der Waals surface area contributed by atoms with Gasteiger partial charge in [0.2, 0.25) is 0 Å². The van der Waals surface area contributed by atoms with Crippen LogP contribution in [0.4, 0.5) is 0 Å². The first kappa shape index (κ1) is 14.3. The molecule has 3 heterocycles. The molecule has 2 aromatic rings. The smallest absolute Gasteiger partial charge is 0.313 e. The molecule has 1 aliphatic heterocycles. The maximum Gasteiger partial charge on any atom is 0.313 e. The number of pyridine rings is 1. The third kappa shape index (κ3) is 2.51. The number of aromatic nitrogens is 3. The highest BCUT2D eigenvalue weighted by Crippen LogP contribution is 2.35. The largest absolute Gasteiger partial charge is 0.481 e. The summed E-state index contributed by atoms with van der Waals surface area (Å²) in [6, 6.07) is 1.92. The lowest BCUT2D eigenvalue weighted by Crippen LogP contribution is -2.31. The van der Waals surface area contributed by atoms with Crippen LogP contribution in [-0.2, 0) is 15.1 Å². The van der Waals surface area contributed by atoms with Crippen molar-refractivity contribution in [3.8, 4) is 0 Å².